The van der Waals surface area contributed by atoms with Crippen LogP contribution < -0.4 is 5.73 Å². The van der Waals surface area contributed by atoms with Gasteiger partial charge in [-0.05, 0) is 29.8 Å². The summed E-state index contributed by atoms with van der Waals surface area (Å²) in [6.07, 6.45) is 1.47. The quantitative estimate of drug-likeness (QED) is 0.882. The van der Waals surface area contributed by atoms with Gasteiger partial charge < -0.3 is 10.8 Å². The molecule has 110 valence electrons. The Morgan fingerprint density at radius 1 is 1.24 bits per heavy atom. The Bertz CT molecular complexity index is 629. The van der Waals surface area contributed by atoms with Crippen molar-refractivity contribution < 1.29 is 18.7 Å². The van der Waals surface area contributed by atoms with E-state index < -0.39 is 23.0 Å². The predicted molar refractivity (Wildman–Crippen MR) is 72.7 cm³/mol. The zero-order valence-corrected chi connectivity index (χ0v) is 11.1. The second-order valence-corrected chi connectivity index (χ2v) is 4.75. The maximum atomic E-state index is 13.4. The van der Waals surface area contributed by atoms with Gasteiger partial charge in [0.25, 0.3) is 0 Å². The molecule has 4 nitrogen and oxygen atoms in total. The third-order valence-electron chi connectivity index (χ3n) is 3.38. The average molecular weight is 292 g/mol. The lowest BCUT2D eigenvalue weighted by Gasteiger charge is -2.28. The number of aromatic nitrogens is 1. The van der Waals surface area contributed by atoms with Crippen molar-refractivity contribution in [1.29, 1.82) is 0 Å². The minimum absolute atomic E-state index is 0.0133. The molecule has 6 heteroatoms. The number of carboxylic acid groups (broad SMARTS) is 1. The van der Waals surface area contributed by atoms with E-state index in [9.17, 15) is 18.7 Å². The summed E-state index contributed by atoms with van der Waals surface area (Å²) < 4.78 is 26.8. The zero-order valence-electron chi connectivity index (χ0n) is 11.1. The molecule has 1 aromatic carbocycles. The molecule has 1 atom stereocenters. The smallest absolute Gasteiger partial charge is 0.315 e. The van der Waals surface area contributed by atoms with Gasteiger partial charge >= 0.3 is 5.97 Å². The van der Waals surface area contributed by atoms with Crippen molar-refractivity contribution in [3.05, 3.63) is 65.5 Å². The Hall–Kier alpha value is -2.34. The van der Waals surface area contributed by atoms with Crippen molar-refractivity contribution >= 4 is 5.97 Å². The summed E-state index contributed by atoms with van der Waals surface area (Å²) in [6.45, 7) is -0.304. The minimum atomic E-state index is -1.63. The highest BCUT2D eigenvalue weighted by Gasteiger charge is 2.40. The predicted octanol–water partition coefficient (Wildman–Crippen LogP) is 1.88. The van der Waals surface area contributed by atoms with Crippen LogP contribution in [0.25, 0.3) is 0 Å². The van der Waals surface area contributed by atoms with Crippen LogP contribution in [0.15, 0.2) is 42.6 Å². The van der Waals surface area contributed by atoms with Gasteiger partial charge in [-0.25, -0.2) is 8.78 Å². The molecule has 3 N–H and O–H groups in total. The third kappa shape index (κ3) is 3.05. The highest BCUT2D eigenvalue weighted by atomic mass is 19.1. The van der Waals surface area contributed by atoms with Crippen LogP contribution in [0.2, 0.25) is 0 Å². The van der Waals surface area contributed by atoms with Crippen LogP contribution in [0.4, 0.5) is 8.78 Å². The van der Waals surface area contributed by atoms with Crippen molar-refractivity contribution in [3.63, 3.8) is 0 Å². The van der Waals surface area contributed by atoms with Gasteiger partial charge in [-0.3, -0.25) is 9.78 Å². The van der Waals surface area contributed by atoms with E-state index >= 15 is 0 Å². The van der Waals surface area contributed by atoms with E-state index in [1.165, 1.54) is 6.20 Å². The van der Waals surface area contributed by atoms with Crippen molar-refractivity contribution in [2.45, 2.75) is 11.8 Å². The number of nitrogens with zero attached hydrogens (tertiary/aromatic N) is 1. The van der Waals surface area contributed by atoms with Crippen LogP contribution in [0.5, 0.6) is 0 Å². The highest BCUT2D eigenvalue weighted by Crippen LogP contribution is 2.29. The first-order valence-corrected chi connectivity index (χ1v) is 6.28. The Morgan fingerprint density at radius 3 is 2.38 bits per heavy atom. The maximum Gasteiger partial charge on any atom is 0.315 e. The molecular weight excluding hydrogens is 278 g/mol. The molecule has 1 heterocycles. The summed E-state index contributed by atoms with van der Waals surface area (Å²) >= 11 is 0. The average Bonchev–Trinajstić information content (AvgIpc) is 2.44. The Morgan fingerprint density at radius 2 is 1.90 bits per heavy atom. The molecule has 0 amide bonds. The van der Waals surface area contributed by atoms with Gasteiger partial charge in [-0.1, -0.05) is 6.07 Å². The van der Waals surface area contributed by atoms with Crippen molar-refractivity contribution in [2.24, 2.45) is 5.73 Å². The molecule has 2 rings (SSSR count). The number of benzene rings is 1. The zero-order chi connectivity index (χ0) is 15.5. The minimum Gasteiger partial charge on any atom is -0.481 e. The molecule has 1 unspecified atom stereocenters. The van der Waals surface area contributed by atoms with Crippen LogP contribution >= 0.6 is 0 Å². The monoisotopic (exact) mass is 292 g/mol. The first-order chi connectivity index (χ1) is 9.98. The number of pyridine rings is 1. The Kier molecular flexibility index (Phi) is 4.28. The van der Waals surface area contributed by atoms with Crippen LogP contribution in [-0.4, -0.2) is 22.6 Å². The number of halogens is 2. The SMILES string of the molecule is NCC(Cc1ccccn1)(C(=O)O)c1cc(F)cc(F)c1. The van der Waals surface area contributed by atoms with Crippen LogP contribution in [0.1, 0.15) is 11.3 Å². The lowest BCUT2D eigenvalue weighted by Crippen LogP contribution is -2.45. The van der Waals surface area contributed by atoms with Crippen molar-refractivity contribution in [2.75, 3.05) is 6.54 Å². The molecule has 0 aliphatic carbocycles. The first-order valence-electron chi connectivity index (χ1n) is 6.28. The second kappa shape index (κ2) is 5.97. The first kappa shape index (κ1) is 15.1. The van der Waals surface area contributed by atoms with E-state index in [-0.39, 0.29) is 18.5 Å². The summed E-state index contributed by atoms with van der Waals surface area (Å²) in [5, 5.41) is 9.57. The molecule has 0 spiro atoms. The summed E-state index contributed by atoms with van der Waals surface area (Å²) in [7, 11) is 0. The molecule has 0 aliphatic rings. The Labute approximate surface area is 120 Å². The summed E-state index contributed by atoms with van der Waals surface area (Å²) in [4.78, 5) is 15.8. The van der Waals surface area contributed by atoms with Crippen LogP contribution in [0.3, 0.4) is 0 Å². The number of rotatable bonds is 5. The highest BCUT2D eigenvalue weighted by molar-refractivity contribution is 5.82. The normalized spacial score (nSPS) is 13.7. The van der Waals surface area contributed by atoms with E-state index in [4.69, 9.17) is 5.73 Å². The van der Waals surface area contributed by atoms with Gasteiger partial charge in [0.15, 0.2) is 0 Å². The number of hydrogen-bond acceptors (Lipinski definition) is 3. The fourth-order valence-electron chi connectivity index (χ4n) is 2.22. The molecule has 0 aliphatic heterocycles. The van der Waals surface area contributed by atoms with Gasteiger partial charge in [-0.2, -0.15) is 0 Å². The standard InChI is InChI=1S/C15H14F2N2O2/c16-11-5-10(6-12(17)7-11)15(9-18,14(20)21)8-13-3-1-2-4-19-13/h1-7H,8-9,18H2,(H,20,21). The van der Waals surface area contributed by atoms with Crippen LogP contribution in [0, 0.1) is 11.6 Å². The van der Waals surface area contributed by atoms with Gasteiger partial charge in [0.05, 0.1) is 0 Å². The number of aliphatic carboxylic acids is 1. The number of nitrogens with two attached hydrogens (primary N) is 1. The van der Waals surface area contributed by atoms with E-state index in [2.05, 4.69) is 4.98 Å². The third-order valence-corrected chi connectivity index (χ3v) is 3.38. The van der Waals surface area contributed by atoms with E-state index in [1.54, 1.807) is 18.2 Å². The van der Waals surface area contributed by atoms with E-state index in [0.29, 0.717) is 11.8 Å². The molecule has 0 fully saturated rings. The summed E-state index contributed by atoms with van der Waals surface area (Å²) in [5.74, 6) is -2.93. The van der Waals surface area contributed by atoms with Crippen molar-refractivity contribution in [3.8, 4) is 0 Å². The molecule has 0 bridgehead atoms. The van der Waals surface area contributed by atoms with Crippen LogP contribution in [-0.2, 0) is 16.6 Å². The molecular formula is C15H14F2N2O2. The summed E-state index contributed by atoms with van der Waals surface area (Å²) in [5.41, 5.74) is 4.48. The lowest BCUT2D eigenvalue weighted by molar-refractivity contribution is -0.143. The molecule has 1 aromatic heterocycles. The second-order valence-electron chi connectivity index (χ2n) is 4.75. The van der Waals surface area contributed by atoms with Gasteiger partial charge in [0, 0.05) is 30.9 Å². The molecule has 0 saturated heterocycles. The van der Waals surface area contributed by atoms with Gasteiger partial charge in [-0.15, -0.1) is 0 Å². The Balaban J connectivity index is 2.53. The fourth-order valence-corrected chi connectivity index (χ4v) is 2.22. The van der Waals surface area contributed by atoms with E-state index in [0.717, 1.165) is 12.1 Å². The number of hydrogen-bond donors (Lipinski definition) is 2. The molecule has 2 aromatic rings. The van der Waals surface area contributed by atoms with E-state index in [1.807, 2.05) is 0 Å². The fraction of sp³-hybridized carbons (Fsp3) is 0.200. The number of carbonyl (C=O) groups is 1. The largest absolute Gasteiger partial charge is 0.481 e. The maximum absolute atomic E-state index is 13.4. The van der Waals surface area contributed by atoms with Crippen molar-refractivity contribution in [1.82, 2.24) is 4.98 Å². The topological polar surface area (TPSA) is 76.2 Å². The van der Waals surface area contributed by atoms with Gasteiger partial charge in [0.1, 0.15) is 17.0 Å². The van der Waals surface area contributed by atoms with Gasteiger partial charge in [0.2, 0.25) is 0 Å². The molecule has 0 radical (unpaired) electrons. The molecule has 21 heavy (non-hydrogen) atoms. The number of carboxylic acids is 1. The molecule has 0 saturated carbocycles. The lowest BCUT2D eigenvalue weighted by atomic mass is 9.76. The summed E-state index contributed by atoms with van der Waals surface area (Å²) in [6, 6.07) is 7.71.